The summed E-state index contributed by atoms with van der Waals surface area (Å²) in [4.78, 5) is 0. The summed E-state index contributed by atoms with van der Waals surface area (Å²) in [6.45, 7) is 15.6. The second-order valence-corrected chi connectivity index (χ2v) is 15.3. The zero-order valence-electron chi connectivity index (χ0n) is 35.2. The third kappa shape index (κ3) is 10.9. The average molecular weight is 884 g/mol. The fourth-order valence-corrected chi connectivity index (χ4v) is 6.79. The Balaban J connectivity index is 0.000000154. The van der Waals surface area contributed by atoms with Gasteiger partial charge in [0.1, 0.15) is 40.0 Å². The van der Waals surface area contributed by atoms with E-state index in [0.29, 0.717) is 32.1 Å². The van der Waals surface area contributed by atoms with E-state index in [4.69, 9.17) is 34.8 Å². The summed E-state index contributed by atoms with van der Waals surface area (Å²) in [7, 11) is 0. The van der Waals surface area contributed by atoms with Crippen LogP contribution in [0.3, 0.4) is 0 Å². The molecule has 0 saturated carbocycles. The van der Waals surface area contributed by atoms with E-state index in [1.165, 1.54) is 0 Å². The molecule has 0 atom stereocenters. The van der Waals surface area contributed by atoms with E-state index in [9.17, 15) is 20.4 Å². The van der Waals surface area contributed by atoms with E-state index in [0.717, 1.165) is 64.1 Å². The smallest absolute Gasteiger partial charge is 0.159 e. The number of benzene rings is 4. The van der Waals surface area contributed by atoms with Crippen molar-refractivity contribution in [3.63, 3.8) is 0 Å². The second-order valence-electron chi connectivity index (χ2n) is 14.0. The van der Waals surface area contributed by atoms with E-state index in [1.54, 1.807) is 74.7 Å². The Labute approximate surface area is 370 Å². The summed E-state index contributed by atoms with van der Waals surface area (Å²) in [6, 6.07) is 30.4. The van der Waals surface area contributed by atoms with Crippen molar-refractivity contribution in [2.24, 2.45) is 0 Å². The van der Waals surface area contributed by atoms with Crippen LogP contribution in [0.5, 0.6) is 23.0 Å². The number of aromatic hydroxyl groups is 4. The third-order valence-electron chi connectivity index (χ3n) is 9.36. The highest BCUT2D eigenvalue weighted by Crippen LogP contribution is 2.31. The molecule has 0 spiro atoms. The first-order valence-corrected chi connectivity index (χ1v) is 20.6. The van der Waals surface area contributed by atoms with Gasteiger partial charge < -0.3 is 20.4 Å². The SMILES string of the molecule is CCc1cc(CC)n(-c2ccccc2O)n1.Cc1cc(C)n(-c2cc(Cl)ccc2O)n1.Cc1cc(C)n(-c2cccc(Cl)c2O)n1.Cc1nn(-c2ccccc2O)c(C)c1Cl. The number of aryl methyl sites for hydroxylation is 7. The summed E-state index contributed by atoms with van der Waals surface area (Å²) in [5, 5.41) is 57.8. The monoisotopic (exact) mass is 882 g/mol. The summed E-state index contributed by atoms with van der Waals surface area (Å²) in [5.74, 6) is 0.693. The van der Waals surface area contributed by atoms with Crippen LogP contribution < -0.4 is 0 Å². The maximum absolute atomic E-state index is 9.81. The van der Waals surface area contributed by atoms with Gasteiger partial charge in [0.05, 0.1) is 38.5 Å². The number of phenols is 4. The number of rotatable bonds is 6. The van der Waals surface area contributed by atoms with E-state index >= 15 is 0 Å². The molecule has 0 amide bonds. The number of hydrogen-bond donors (Lipinski definition) is 4. The first kappa shape index (κ1) is 45.9. The Hall–Kier alpha value is -6.21. The first-order valence-electron chi connectivity index (χ1n) is 19.4. The van der Waals surface area contributed by atoms with Gasteiger partial charge in [-0.1, -0.05) is 79.0 Å². The Morgan fingerprint density at radius 1 is 0.492 bits per heavy atom. The molecule has 0 unspecified atom stereocenters. The van der Waals surface area contributed by atoms with Crippen molar-refractivity contribution in [3.05, 3.63) is 164 Å². The fraction of sp³-hybridized carbons (Fsp3) is 0.217. The molecule has 4 aromatic carbocycles. The van der Waals surface area contributed by atoms with Crippen LogP contribution in [0.15, 0.2) is 103 Å². The Kier molecular flexibility index (Phi) is 15.3. The number of phenolic OH excluding ortho intramolecular Hbond substituents is 4. The highest BCUT2D eigenvalue weighted by molar-refractivity contribution is 6.32. The van der Waals surface area contributed by atoms with Gasteiger partial charge in [0, 0.05) is 22.1 Å². The van der Waals surface area contributed by atoms with Crippen molar-refractivity contribution < 1.29 is 20.4 Å². The molecule has 0 radical (unpaired) electrons. The quantitative estimate of drug-likeness (QED) is 0.129. The van der Waals surface area contributed by atoms with Crippen LogP contribution in [-0.2, 0) is 12.8 Å². The van der Waals surface area contributed by atoms with Crippen molar-refractivity contribution in [1.82, 2.24) is 39.1 Å². The Morgan fingerprint density at radius 3 is 1.51 bits per heavy atom. The molecule has 8 aromatic rings. The van der Waals surface area contributed by atoms with Gasteiger partial charge in [0.15, 0.2) is 5.75 Å². The lowest BCUT2D eigenvalue weighted by Crippen LogP contribution is -2.01. The molecule has 0 aliphatic rings. The minimum Gasteiger partial charge on any atom is -0.506 e. The molecule has 4 aromatic heterocycles. The van der Waals surface area contributed by atoms with Crippen molar-refractivity contribution in [1.29, 1.82) is 0 Å². The molecule has 12 nitrogen and oxygen atoms in total. The van der Waals surface area contributed by atoms with E-state index in [2.05, 4.69) is 40.3 Å². The standard InChI is InChI=1S/C13H16N2O.3C11H11ClN2O/c1-3-10-9-11(4-2)15(14-10)12-7-5-6-8-13(12)16;1-7-5-8(2)14(13-7)10-6-9(12)3-4-11(10)15;1-7-6-8(2)14(13-7)10-5-3-4-9(12)11(10)15;1-7-11(12)8(2)14(13-7)9-5-3-4-6-10(9)15/h5-9,16H,3-4H2,1-2H3;3*3-6,15H,1-2H3. The summed E-state index contributed by atoms with van der Waals surface area (Å²) < 4.78 is 6.83. The zero-order valence-corrected chi connectivity index (χ0v) is 37.5. The molecule has 4 N–H and O–H groups in total. The predicted octanol–water partition coefficient (Wildman–Crippen LogP) is 11.2. The van der Waals surface area contributed by atoms with Crippen LogP contribution in [0.25, 0.3) is 22.7 Å². The molecule has 318 valence electrons. The molecule has 0 fully saturated rings. The van der Waals surface area contributed by atoms with Gasteiger partial charge in [-0.15, -0.1) is 0 Å². The number of aromatic nitrogens is 8. The van der Waals surface area contributed by atoms with Gasteiger partial charge >= 0.3 is 0 Å². The minimum atomic E-state index is 0.0605. The lowest BCUT2D eigenvalue weighted by Gasteiger charge is -2.07. The van der Waals surface area contributed by atoms with Gasteiger partial charge in [0.2, 0.25) is 0 Å². The largest absolute Gasteiger partial charge is 0.506 e. The molecular formula is C46H49Cl3N8O4. The molecule has 0 aliphatic heterocycles. The summed E-state index contributed by atoms with van der Waals surface area (Å²) >= 11 is 17.7. The van der Waals surface area contributed by atoms with Gasteiger partial charge in [-0.05, 0) is 127 Å². The molecule has 0 bridgehead atoms. The van der Waals surface area contributed by atoms with Gasteiger partial charge in [-0.25, -0.2) is 18.7 Å². The summed E-state index contributed by atoms with van der Waals surface area (Å²) in [6.07, 6.45) is 1.81. The van der Waals surface area contributed by atoms with Crippen LogP contribution >= 0.6 is 34.8 Å². The fourth-order valence-electron chi connectivity index (χ4n) is 6.34. The Morgan fingerprint density at radius 2 is 1.02 bits per heavy atom. The number of hydrogen-bond acceptors (Lipinski definition) is 8. The summed E-state index contributed by atoms with van der Waals surface area (Å²) in [5.41, 5.74) is 10.1. The maximum Gasteiger partial charge on any atom is 0.159 e. The predicted molar refractivity (Wildman–Crippen MR) is 243 cm³/mol. The third-order valence-corrected chi connectivity index (χ3v) is 10.4. The normalized spacial score (nSPS) is 10.6. The molecule has 8 rings (SSSR count). The lowest BCUT2D eigenvalue weighted by molar-refractivity contribution is 0.469. The molecule has 0 aliphatic carbocycles. The zero-order chi connectivity index (χ0) is 44.5. The van der Waals surface area contributed by atoms with Gasteiger partial charge in [-0.3, -0.25) is 0 Å². The van der Waals surface area contributed by atoms with E-state index < -0.39 is 0 Å². The highest BCUT2D eigenvalue weighted by atomic mass is 35.5. The average Bonchev–Trinajstić information content (AvgIpc) is 3.98. The topological polar surface area (TPSA) is 152 Å². The maximum atomic E-state index is 9.81. The number of nitrogens with zero attached hydrogens (tertiary/aromatic N) is 8. The molecule has 61 heavy (non-hydrogen) atoms. The Bertz CT molecular complexity index is 2710. The van der Waals surface area contributed by atoms with Crippen LogP contribution in [0.4, 0.5) is 0 Å². The van der Waals surface area contributed by atoms with Crippen LogP contribution in [0.1, 0.15) is 59.4 Å². The van der Waals surface area contributed by atoms with Crippen LogP contribution in [0, 0.1) is 41.5 Å². The number of halogens is 3. The van der Waals surface area contributed by atoms with E-state index in [1.807, 2.05) is 82.6 Å². The number of para-hydroxylation sites is 5. The van der Waals surface area contributed by atoms with Crippen molar-refractivity contribution in [2.45, 2.75) is 68.2 Å². The van der Waals surface area contributed by atoms with Crippen LogP contribution in [0.2, 0.25) is 15.1 Å². The second kappa shape index (κ2) is 20.4. The van der Waals surface area contributed by atoms with Crippen molar-refractivity contribution >= 4 is 34.8 Å². The molecule has 4 heterocycles. The first-order chi connectivity index (χ1) is 29.0. The van der Waals surface area contributed by atoms with E-state index in [-0.39, 0.29) is 23.0 Å². The minimum absolute atomic E-state index is 0.0605. The highest BCUT2D eigenvalue weighted by Gasteiger charge is 2.14. The van der Waals surface area contributed by atoms with Crippen molar-refractivity contribution in [2.75, 3.05) is 0 Å². The molecule has 0 saturated heterocycles. The molecular weight excluding hydrogens is 835 g/mol. The van der Waals surface area contributed by atoms with Crippen LogP contribution in [-0.4, -0.2) is 59.5 Å². The lowest BCUT2D eigenvalue weighted by atomic mass is 10.2. The van der Waals surface area contributed by atoms with Crippen molar-refractivity contribution in [3.8, 4) is 45.7 Å². The molecule has 15 heteroatoms. The van der Waals surface area contributed by atoms with Gasteiger partial charge in [-0.2, -0.15) is 20.4 Å². The van der Waals surface area contributed by atoms with Gasteiger partial charge in [0.25, 0.3) is 0 Å².